The van der Waals surface area contributed by atoms with Crippen LogP contribution in [0, 0.1) is 0 Å². The molecule has 0 heterocycles. The summed E-state index contributed by atoms with van der Waals surface area (Å²) in [6.45, 7) is 1.83. The van der Waals surface area contributed by atoms with Gasteiger partial charge in [-0.25, -0.2) is 0 Å². The quantitative estimate of drug-likeness (QED) is 0.717. The fourth-order valence-corrected chi connectivity index (χ4v) is 0.771. The molecule has 2 heteroatoms. The van der Waals surface area contributed by atoms with Gasteiger partial charge in [-0.15, -0.1) is 0 Å². The first-order chi connectivity index (χ1) is 5.33. The Balaban J connectivity index is 0.00000121. The molecule has 0 unspecified atom stereocenters. The van der Waals surface area contributed by atoms with Gasteiger partial charge < -0.3 is 5.32 Å². The van der Waals surface area contributed by atoms with Crippen LogP contribution in [0.25, 0.3) is 0 Å². The van der Waals surface area contributed by atoms with Gasteiger partial charge in [0, 0.05) is 12.1 Å². The second kappa shape index (κ2) is 5.35. The van der Waals surface area contributed by atoms with Crippen molar-refractivity contribution in [2.75, 3.05) is 5.32 Å². The van der Waals surface area contributed by atoms with E-state index in [1.807, 2.05) is 37.3 Å². The van der Waals surface area contributed by atoms with Crippen molar-refractivity contribution in [3.63, 3.8) is 0 Å². The van der Waals surface area contributed by atoms with Crippen molar-refractivity contribution in [1.82, 2.24) is 0 Å². The highest BCUT2D eigenvalue weighted by Gasteiger charge is 1.95. The number of anilines is 1. The van der Waals surface area contributed by atoms with Crippen LogP contribution < -0.4 is 5.32 Å². The monoisotopic (exact) mass is 165 g/mol. The Labute approximate surface area is 73.6 Å². The first-order valence-electron chi connectivity index (χ1n) is 3.68. The van der Waals surface area contributed by atoms with E-state index in [0.29, 0.717) is 6.42 Å². The molecule has 0 spiro atoms. The predicted molar refractivity (Wildman–Crippen MR) is 52.1 cm³/mol. The Morgan fingerprint density at radius 3 is 2.42 bits per heavy atom. The highest BCUT2D eigenvalue weighted by Crippen LogP contribution is 2.04. The summed E-state index contributed by atoms with van der Waals surface area (Å²) in [4.78, 5) is 10.9. The standard InChI is InChI=1S/C9H11NO.CH4/c1-2-9(11)10-8-6-4-3-5-7-8;/h3-7H,2H2,1H3,(H,10,11);1H4. The molecule has 1 rings (SSSR count). The SMILES string of the molecule is C.CCC(=O)Nc1ccccc1. The number of hydrogen-bond donors (Lipinski definition) is 1. The highest BCUT2D eigenvalue weighted by molar-refractivity contribution is 5.90. The van der Waals surface area contributed by atoms with E-state index in [9.17, 15) is 4.79 Å². The summed E-state index contributed by atoms with van der Waals surface area (Å²) in [5, 5.41) is 2.75. The van der Waals surface area contributed by atoms with E-state index in [2.05, 4.69) is 5.32 Å². The van der Waals surface area contributed by atoms with Crippen LogP contribution in [0.3, 0.4) is 0 Å². The van der Waals surface area contributed by atoms with Crippen LogP contribution in [0.4, 0.5) is 5.69 Å². The Morgan fingerprint density at radius 1 is 1.33 bits per heavy atom. The topological polar surface area (TPSA) is 29.1 Å². The largest absolute Gasteiger partial charge is 0.326 e. The van der Waals surface area contributed by atoms with Crippen molar-refractivity contribution in [3.8, 4) is 0 Å². The average Bonchev–Trinajstić information content (AvgIpc) is 2.06. The van der Waals surface area contributed by atoms with Gasteiger partial charge in [0.2, 0.25) is 5.91 Å². The zero-order valence-corrected chi connectivity index (χ0v) is 6.50. The van der Waals surface area contributed by atoms with E-state index in [1.165, 1.54) is 0 Å². The number of amides is 1. The minimum atomic E-state index is 0. The summed E-state index contributed by atoms with van der Waals surface area (Å²) in [5.41, 5.74) is 0.861. The average molecular weight is 165 g/mol. The third-order valence-electron chi connectivity index (χ3n) is 1.38. The van der Waals surface area contributed by atoms with E-state index >= 15 is 0 Å². The van der Waals surface area contributed by atoms with E-state index in [0.717, 1.165) is 5.69 Å². The summed E-state index contributed by atoms with van der Waals surface area (Å²) < 4.78 is 0. The van der Waals surface area contributed by atoms with E-state index in [-0.39, 0.29) is 13.3 Å². The van der Waals surface area contributed by atoms with Crippen molar-refractivity contribution in [1.29, 1.82) is 0 Å². The van der Waals surface area contributed by atoms with Crippen LogP contribution in [-0.2, 0) is 4.79 Å². The predicted octanol–water partition coefficient (Wildman–Crippen LogP) is 2.67. The smallest absolute Gasteiger partial charge is 0.224 e. The lowest BCUT2D eigenvalue weighted by Crippen LogP contribution is -2.08. The molecule has 0 bridgehead atoms. The third kappa shape index (κ3) is 3.19. The van der Waals surface area contributed by atoms with E-state index < -0.39 is 0 Å². The molecule has 1 N–H and O–H groups in total. The molecule has 0 radical (unpaired) electrons. The summed E-state index contributed by atoms with van der Waals surface area (Å²) in [6.07, 6.45) is 0.523. The minimum Gasteiger partial charge on any atom is -0.326 e. The molecule has 0 saturated heterocycles. The molecule has 1 aromatic rings. The number of benzene rings is 1. The molecule has 0 aliphatic heterocycles. The van der Waals surface area contributed by atoms with Gasteiger partial charge >= 0.3 is 0 Å². The van der Waals surface area contributed by atoms with E-state index in [4.69, 9.17) is 0 Å². The number of carbonyl (C=O) groups excluding carboxylic acids is 1. The van der Waals surface area contributed by atoms with Gasteiger partial charge in [-0.05, 0) is 12.1 Å². The Morgan fingerprint density at radius 2 is 1.92 bits per heavy atom. The summed E-state index contributed by atoms with van der Waals surface area (Å²) in [7, 11) is 0. The Bertz CT molecular complexity index is 231. The normalized spacial score (nSPS) is 8.42. The second-order valence-corrected chi connectivity index (χ2v) is 2.27. The van der Waals surface area contributed by atoms with E-state index in [1.54, 1.807) is 0 Å². The molecule has 0 aliphatic rings. The molecular formula is C10H15NO. The van der Waals surface area contributed by atoms with Crippen LogP contribution in [0.2, 0.25) is 0 Å². The molecule has 0 aliphatic carbocycles. The molecule has 1 aromatic carbocycles. The third-order valence-corrected chi connectivity index (χ3v) is 1.38. The number of hydrogen-bond acceptors (Lipinski definition) is 1. The van der Waals surface area contributed by atoms with Crippen molar-refractivity contribution < 1.29 is 4.79 Å². The molecule has 66 valence electrons. The van der Waals surface area contributed by atoms with Crippen molar-refractivity contribution in [2.45, 2.75) is 20.8 Å². The lowest BCUT2D eigenvalue weighted by atomic mass is 10.3. The first-order valence-corrected chi connectivity index (χ1v) is 3.68. The van der Waals surface area contributed by atoms with Crippen LogP contribution in [0.1, 0.15) is 20.8 Å². The van der Waals surface area contributed by atoms with Gasteiger partial charge in [0.05, 0.1) is 0 Å². The molecule has 0 aromatic heterocycles. The molecule has 2 nitrogen and oxygen atoms in total. The fourth-order valence-electron chi connectivity index (χ4n) is 0.771. The molecule has 12 heavy (non-hydrogen) atoms. The zero-order chi connectivity index (χ0) is 8.10. The minimum absolute atomic E-state index is 0. The van der Waals surface area contributed by atoms with Gasteiger partial charge in [0.1, 0.15) is 0 Å². The number of nitrogens with one attached hydrogen (secondary N) is 1. The van der Waals surface area contributed by atoms with Gasteiger partial charge in [0.25, 0.3) is 0 Å². The summed E-state index contributed by atoms with van der Waals surface area (Å²) in [5.74, 6) is 0.0520. The Kier molecular flexibility index (Phi) is 4.77. The van der Waals surface area contributed by atoms with Gasteiger partial charge in [-0.2, -0.15) is 0 Å². The molecule has 0 fully saturated rings. The van der Waals surface area contributed by atoms with Crippen LogP contribution in [0.5, 0.6) is 0 Å². The highest BCUT2D eigenvalue weighted by atomic mass is 16.1. The molecular weight excluding hydrogens is 150 g/mol. The van der Waals surface area contributed by atoms with Crippen molar-refractivity contribution in [3.05, 3.63) is 30.3 Å². The molecule has 0 atom stereocenters. The molecule has 0 saturated carbocycles. The lowest BCUT2D eigenvalue weighted by Gasteiger charge is -2.00. The second-order valence-electron chi connectivity index (χ2n) is 2.27. The zero-order valence-electron chi connectivity index (χ0n) is 6.50. The van der Waals surface area contributed by atoms with Gasteiger partial charge in [0.15, 0.2) is 0 Å². The summed E-state index contributed by atoms with van der Waals surface area (Å²) >= 11 is 0. The van der Waals surface area contributed by atoms with Crippen LogP contribution in [-0.4, -0.2) is 5.91 Å². The van der Waals surface area contributed by atoms with Crippen LogP contribution >= 0.6 is 0 Å². The maximum absolute atomic E-state index is 10.9. The number of rotatable bonds is 2. The van der Waals surface area contributed by atoms with Crippen LogP contribution in [0.15, 0.2) is 30.3 Å². The fraction of sp³-hybridized carbons (Fsp3) is 0.300. The number of para-hydroxylation sites is 1. The van der Waals surface area contributed by atoms with Gasteiger partial charge in [-0.3, -0.25) is 4.79 Å². The lowest BCUT2D eigenvalue weighted by molar-refractivity contribution is -0.115. The maximum Gasteiger partial charge on any atom is 0.224 e. The summed E-state index contributed by atoms with van der Waals surface area (Å²) in [6, 6.07) is 9.44. The van der Waals surface area contributed by atoms with Crippen molar-refractivity contribution in [2.24, 2.45) is 0 Å². The van der Waals surface area contributed by atoms with Gasteiger partial charge in [-0.1, -0.05) is 32.5 Å². The molecule has 1 amide bonds. The maximum atomic E-state index is 10.9. The Hall–Kier alpha value is -1.31. The van der Waals surface area contributed by atoms with Crippen molar-refractivity contribution >= 4 is 11.6 Å². The first kappa shape index (κ1) is 10.7. The number of carbonyl (C=O) groups is 1.